The number of rotatable bonds is 7. The molecule has 1 aromatic heterocycles. The second kappa shape index (κ2) is 11.4. The van der Waals surface area contributed by atoms with Crippen LogP contribution in [0, 0.1) is 11.3 Å². The molecule has 0 atom stereocenters. The van der Waals surface area contributed by atoms with E-state index in [2.05, 4.69) is 21.1 Å². The quantitative estimate of drug-likeness (QED) is 0.235. The van der Waals surface area contributed by atoms with E-state index < -0.39 is 46.7 Å². The van der Waals surface area contributed by atoms with Gasteiger partial charge in [-0.1, -0.05) is 11.2 Å². The van der Waals surface area contributed by atoms with Crippen LogP contribution >= 0.6 is 0 Å². The summed E-state index contributed by atoms with van der Waals surface area (Å²) in [5.74, 6) is -3.70. The van der Waals surface area contributed by atoms with Crippen LogP contribution in [0.4, 0.5) is 24.5 Å². The molecule has 4 rings (SSSR count). The summed E-state index contributed by atoms with van der Waals surface area (Å²) in [7, 11) is 0. The Morgan fingerprint density at radius 1 is 0.976 bits per heavy atom. The molecular weight excluding hydrogens is 559 g/mol. The molecule has 3 amide bonds. The lowest BCUT2D eigenvalue weighted by molar-refractivity contribution is -0.137. The summed E-state index contributed by atoms with van der Waals surface area (Å²) in [5.41, 5.74) is -3.16. The monoisotopic (exact) mass is 579 g/mol. The predicted molar refractivity (Wildman–Crippen MR) is 143 cm³/mol. The molecule has 1 heterocycles. The van der Waals surface area contributed by atoms with E-state index in [1.54, 1.807) is 13.0 Å². The Kier molecular flexibility index (Phi) is 7.96. The van der Waals surface area contributed by atoms with E-state index in [1.165, 1.54) is 18.2 Å². The maximum atomic E-state index is 14.2. The van der Waals surface area contributed by atoms with Crippen molar-refractivity contribution in [2.45, 2.75) is 20.0 Å². The fraction of sp³-hybridized carbons (Fsp3) is 0.143. The fourth-order valence-electron chi connectivity index (χ4n) is 4.19. The van der Waals surface area contributed by atoms with Crippen molar-refractivity contribution in [1.29, 1.82) is 5.26 Å². The highest BCUT2D eigenvalue weighted by Gasteiger charge is 2.35. The van der Waals surface area contributed by atoms with Gasteiger partial charge in [-0.3, -0.25) is 14.4 Å². The summed E-state index contributed by atoms with van der Waals surface area (Å²) in [5, 5.41) is 29.4. The van der Waals surface area contributed by atoms with Crippen LogP contribution < -0.4 is 16.0 Å². The first-order valence-electron chi connectivity index (χ1n) is 12.1. The average Bonchev–Trinajstić information content (AvgIpc) is 3.35. The number of anilines is 2. The maximum Gasteiger partial charge on any atom is 0.417 e. The van der Waals surface area contributed by atoms with Gasteiger partial charge in [0.05, 0.1) is 39.4 Å². The molecule has 0 fully saturated rings. The highest BCUT2D eigenvalue weighted by Crippen LogP contribution is 2.41. The molecule has 0 aliphatic rings. The van der Waals surface area contributed by atoms with Gasteiger partial charge in [0.1, 0.15) is 0 Å². The number of benzene rings is 3. The summed E-state index contributed by atoms with van der Waals surface area (Å²) < 4.78 is 47.9. The van der Waals surface area contributed by atoms with Crippen molar-refractivity contribution in [2.75, 3.05) is 17.2 Å². The molecule has 14 heteroatoms. The maximum absolute atomic E-state index is 14.2. The zero-order chi connectivity index (χ0) is 30.8. The molecule has 0 aliphatic heterocycles. The number of nitriles is 1. The third kappa shape index (κ3) is 5.89. The average molecular weight is 579 g/mol. The summed E-state index contributed by atoms with van der Waals surface area (Å²) in [6.07, 6.45) is -4.91. The minimum Gasteiger partial charge on any atom is -0.478 e. The zero-order valence-electron chi connectivity index (χ0n) is 21.8. The number of hydrogen-bond donors (Lipinski definition) is 4. The first-order valence-corrected chi connectivity index (χ1v) is 12.1. The van der Waals surface area contributed by atoms with Gasteiger partial charge in [0.2, 0.25) is 5.91 Å². The molecule has 3 aromatic carbocycles. The summed E-state index contributed by atoms with van der Waals surface area (Å²) >= 11 is 0. The van der Waals surface area contributed by atoms with E-state index in [-0.39, 0.29) is 51.1 Å². The molecule has 4 N–H and O–H groups in total. The van der Waals surface area contributed by atoms with Crippen LogP contribution in [-0.4, -0.2) is 40.5 Å². The van der Waals surface area contributed by atoms with Gasteiger partial charge in [-0.25, -0.2) is 4.79 Å². The molecule has 0 saturated heterocycles. The molecule has 0 radical (unpaired) electrons. The fourth-order valence-corrected chi connectivity index (χ4v) is 4.19. The molecule has 0 aliphatic carbocycles. The van der Waals surface area contributed by atoms with E-state index >= 15 is 0 Å². The van der Waals surface area contributed by atoms with E-state index in [1.807, 2.05) is 0 Å². The first-order chi connectivity index (χ1) is 19.8. The van der Waals surface area contributed by atoms with Gasteiger partial charge in [0.25, 0.3) is 11.8 Å². The van der Waals surface area contributed by atoms with Gasteiger partial charge < -0.3 is 25.6 Å². The SMILES string of the molecule is CCNC(=O)c1cc2onc(C(=O)Nc3ccc(C#N)cc3C(=O)O)c2cc1-c1ccc(NC(C)=O)cc1C(F)(F)F. The van der Waals surface area contributed by atoms with Gasteiger partial charge in [-0.15, -0.1) is 0 Å². The number of amides is 3. The van der Waals surface area contributed by atoms with Crippen LogP contribution in [0.1, 0.15) is 56.2 Å². The minimum atomic E-state index is -4.91. The van der Waals surface area contributed by atoms with Crippen LogP contribution in [0.15, 0.2) is 53.1 Å². The number of nitrogens with zero attached hydrogens (tertiary/aromatic N) is 2. The molecule has 0 saturated carbocycles. The smallest absolute Gasteiger partial charge is 0.417 e. The summed E-state index contributed by atoms with van der Waals surface area (Å²) in [6.45, 7) is 2.91. The van der Waals surface area contributed by atoms with Gasteiger partial charge in [-0.05, 0) is 60.5 Å². The third-order valence-electron chi connectivity index (χ3n) is 5.97. The van der Waals surface area contributed by atoms with Crippen LogP contribution in [0.25, 0.3) is 22.1 Å². The number of halogens is 3. The van der Waals surface area contributed by atoms with Gasteiger partial charge in [0.15, 0.2) is 11.3 Å². The Morgan fingerprint density at radius 3 is 2.33 bits per heavy atom. The van der Waals surface area contributed by atoms with Crippen molar-refractivity contribution in [3.8, 4) is 17.2 Å². The number of carbonyl (C=O) groups excluding carboxylic acids is 3. The highest BCUT2D eigenvalue weighted by molar-refractivity contribution is 6.14. The number of aromatic carboxylic acids is 1. The van der Waals surface area contributed by atoms with E-state index in [0.29, 0.717) is 0 Å². The van der Waals surface area contributed by atoms with E-state index in [9.17, 15) is 37.5 Å². The van der Waals surface area contributed by atoms with Crippen LogP contribution in [-0.2, 0) is 11.0 Å². The number of aromatic nitrogens is 1. The van der Waals surface area contributed by atoms with Gasteiger partial charge in [-0.2, -0.15) is 18.4 Å². The highest BCUT2D eigenvalue weighted by atomic mass is 19.4. The molecule has 4 aromatic rings. The number of fused-ring (bicyclic) bond motifs is 1. The Balaban J connectivity index is 1.90. The number of carboxylic acids is 1. The Labute approximate surface area is 234 Å². The van der Waals surface area contributed by atoms with Crippen molar-refractivity contribution in [1.82, 2.24) is 10.5 Å². The number of alkyl halides is 3. The second-order valence-electron chi connectivity index (χ2n) is 8.86. The molecule has 0 spiro atoms. The summed E-state index contributed by atoms with van der Waals surface area (Å²) in [6, 6.07) is 10.7. The summed E-state index contributed by atoms with van der Waals surface area (Å²) in [4.78, 5) is 49.2. The molecular formula is C28H20F3N5O6. The Bertz CT molecular complexity index is 1810. The van der Waals surface area contributed by atoms with Crippen LogP contribution in [0.5, 0.6) is 0 Å². The molecule has 11 nitrogen and oxygen atoms in total. The van der Waals surface area contributed by atoms with Crippen molar-refractivity contribution >= 4 is 46.0 Å². The minimum absolute atomic E-state index is 0.0322. The van der Waals surface area contributed by atoms with E-state index in [4.69, 9.17) is 9.78 Å². The number of carbonyl (C=O) groups is 4. The van der Waals surface area contributed by atoms with Crippen LogP contribution in [0.3, 0.4) is 0 Å². The number of hydrogen-bond acceptors (Lipinski definition) is 7. The van der Waals surface area contributed by atoms with Crippen molar-refractivity contribution < 1.29 is 42.0 Å². The van der Waals surface area contributed by atoms with Gasteiger partial charge >= 0.3 is 12.1 Å². The Morgan fingerprint density at radius 2 is 1.71 bits per heavy atom. The van der Waals surface area contributed by atoms with Gasteiger partial charge in [0, 0.05) is 19.2 Å². The lowest BCUT2D eigenvalue weighted by Crippen LogP contribution is -2.23. The van der Waals surface area contributed by atoms with Crippen LogP contribution in [0.2, 0.25) is 0 Å². The van der Waals surface area contributed by atoms with E-state index in [0.717, 1.165) is 37.3 Å². The molecule has 42 heavy (non-hydrogen) atoms. The second-order valence-corrected chi connectivity index (χ2v) is 8.86. The zero-order valence-corrected chi connectivity index (χ0v) is 21.8. The lowest BCUT2D eigenvalue weighted by atomic mass is 9.92. The normalized spacial score (nSPS) is 11.0. The number of carboxylic acid groups (broad SMARTS) is 1. The molecule has 0 bridgehead atoms. The third-order valence-corrected chi connectivity index (χ3v) is 5.97. The predicted octanol–water partition coefficient (Wildman–Crippen LogP) is 5.04. The lowest BCUT2D eigenvalue weighted by Gasteiger charge is -2.17. The largest absolute Gasteiger partial charge is 0.478 e. The van der Waals surface area contributed by atoms with Crippen molar-refractivity contribution in [3.05, 3.63) is 76.5 Å². The Hall–Kier alpha value is -5.71. The van der Waals surface area contributed by atoms with Crippen molar-refractivity contribution in [3.63, 3.8) is 0 Å². The topological polar surface area (TPSA) is 174 Å². The molecule has 0 unspecified atom stereocenters. The first kappa shape index (κ1) is 29.3. The standard InChI is InChI=1S/C28H20F3N5O6/c1-3-33-25(38)18-11-23-20(10-17(18)16-6-5-15(34-13(2)37)9-21(16)28(29,30)31)24(36-42-23)26(39)35-22-7-4-14(12-32)8-19(22)27(40)41/h4-11H,3H2,1-2H3,(H,33,38)(H,34,37)(H,35,39)(H,40,41). The number of nitrogens with one attached hydrogen (secondary N) is 3. The van der Waals surface area contributed by atoms with Crippen molar-refractivity contribution in [2.24, 2.45) is 0 Å². The molecule has 214 valence electrons.